The van der Waals surface area contributed by atoms with E-state index in [0.29, 0.717) is 0 Å². The lowest BCUT2D eigenvalue weighted by Crippen LogP contribution is -1.96. The standard InChI is InChI=1S/C18H18O2/c1-4-15-16-10-13-8-6-5-7-12(13)9-14(16)11-17(19-2)18(15)20-3/h5-11H,4H2,1-3H3. The van der Waals surface area contributed by atoms with Gasteiger partial charge in [-0.05, 0) is 46.2 Å². The zero-order chi connectivity index (χ0) is 14.1. The van der Waals surface area contributed by atoms with Crippen molar-refractivity contribution in [1.29, 1.82) is 0 Å². The van der Waals surface area contributed by atoms with E-state index in [4.69, 9.17) is 9.47 Å². The molecule has 20 heavy (non-hydrogen) atoms. The fourth-order valence-electron chi connectivity index (χ4n) is 2.84. The molecule has 102 valence electrons. The Kier molecular flexibility index (Phi) is 3.23. The van der Waals surface area contributed by atoms with Crippen LogP contribution in [0.2, 0.25) is 0 Å². The molecule has 0 fully saturated rings. The predicted molar refractivity (Wildman–Crippen MR) is 83.9 cm³/mol. The topological polar surface area (TPSA) is 18.5 Å². The smallest absolute Gasteiger partial charge is 0.164 e. The molecule has 0 unspecified atom stereocenters. The second-order valence-corrected chi connectivity index (χ2v) is 4.86. The summed E-state index contributed by atoms with van der Waals surface area (Å²) in [6.45, 7) is 2.14. The van der Waals surface area contributed by atoms with E-state index in [1.54, 1.807) is 14.2 Å². The first-order chi connectivity index (χ1) is 9.78. The Labute approximate surface area is 118 Å². The van der Waals surface area contributed by atoms with Gasteiger partial charge in [-0.3, -0.25) is 0 Å². The largest absolute Gasteiger partial charge is 0.493 e. The number of methoxy groups -OCH3 is 2. The number of benzene rings is 3. The van der Waals surface area contributed by atoms with Crippen LogP contribution in [0, 0.1) is 0 Å². The molecular formula is C18H18O2. The van der Waals surface area contributed by atoms with Gasteiger partial charge < -0.3 is 9.47 Å². The number of hydrogen-bond donors (Lipinski definition) is 0. The van der Waals surface area contributed by atoms with Crippen LogP contribution in [0.3, 0.4) is 0 Å². The van der Waals surface area contributed by atoms with Crippen molar-refractivity contribution in [2.45, 2.75) is 13.3 Å². The molecule has 0 N–H and O–H groups in total. The maximum absolute atomic E-state index is 5.55. The van der Waals surface area contributed by atoms with Gasteiger partial charge >= 0.3 is 0 Å². The molecule has 0 spiro atoms. The van der Waals surface area contributed by atoms with E-state index in [1.165, 1.54) is 27.1 Å². The number of aryl methyl sites for hydroxylation is 1. The van der Waals surface area contributed by atoms with E-state index >= 15 is 0 Å². The van der Waals surface area contributed by atoms with Crippen LogP contribution in [-0.2, 0) is 6.42 Å². The van der Waals surface area contributed by atoms with E-state index < -0.39 is 0 Å². The van der Waals surface area contributed by atoms with Crippen molar-refractivity contribution in [3.05, 3.63) is 48.0 Å². The molecule has 3 aromatic rings. The lowest BCUT2D eigenvalue weighted by Gasteiger charge is -2.15. The molecule has 3 rings (SSSR count). The minimum atomic E-state index is 0.798. The summed E-state index contributed by atoms with van der Waals surface area (Å²) in [6, 6.07) is 14.9. The Bertz CT molecular complexity index is 775. The first kappa shape index (κ1) is 12.8. The number of fused-ring (bicyclic) bond motifs is 2. The predicted octanol–water partition coefficient (Wildman–Crippen LogP) is 4.57. The Balaban J connectivity index is 2.44. The zero-order valence-electron chi connectivity index (χ0n) is 12.1. The van der Waals surface area contributed by atoms with Crippen LogP contribution in [0.25, 0.3) is 21.5 Å². The fraction of sp³-hybridized carbons (Fsp3) is 0.222. The molecule has 3 aromatic carbocycles. The number of rotatable bonds is 3. The lowest BCUT2D eigenvalue weighted by molar-refractivity contribution is 0.353. The molecule has 0 aliphatic heterocycles. The van der Waals surface area contributed by atoms with Gasteiger partial charge in [0.25, 0.3) is 0 Å². The molecule has 0 atom stereocenters. The van der Waals surface area contributed by atoms with Gasteiger partial charge in [0, 0.05) is 5.56 Å². The summed E-state index contributed by atoms with van der Waals surface area (Å²) in [5, 5.41) is 4.93. The van der Waals surface area contributed by atoms with Crippen LogP contribution in [0.5, 0.6) is 11.5 Å². The molecule has 0 saturated heterocycles. The van der Waals surface area contributed by atoms with Crippen LogP contribution in [0.4, 0.5) is 0 Å². The Morgan fingerprint density at radius 3 is 2.15 bits per heavy atom. The van der Waals surface area contributed by atoms with E-state index in [0.717, 1.165) is 17.9 Å². The van der Waals surface area contributed by atoms with Gasteiger partial charge in [-0.2, -0.15) is 0 Å². The monoisotopic (exact) mass is 266 g/mol. The van der Waals surface area contributed by atoms with Crippen molar-refractivity contribution in [3.63, 3.8) is 0 Å². The third-order valence-electron chi connectivity index (χ3n) is 3.81. The average Bonchev–Trinajstić information content (AvgIpc) is 2.50. The normalized spacial score (nSPS) is 10.9. The quantitative estimate of drug-likeness (QED) is 0.646. The maximum Gasteiger partial charge on any atom is 0.164 e. The summed E-state index contributed by atoms with van der Waals surface area (Å²) in [5.41, 5.74) is 1.20. The van der Waals surface area contributed by atoms with Crippen LogP contribution in [0.15, 0.2) is 42.5 Å². The van der Waals surface area contributed by atoms with Crippen LogP contribution >= 0.6 is 0 Å². The summed E-state index contributed by atoms with van der Waals surface area (Å²) in [4.78, 5) is 0. The highest BCUT2D eigenvalue weighted by Gasteiger charge is 2.14. The van der Waals surface area contributed by atoms with Crippen molar-refractivity contribution in [1.82, 2.24) is 0 Å². The molecule has 2 nitrogen and oxygen atoms in total. The van der Waals surface area contributed by atoms with Gasteiger partial charge in [0.15, 0.2) is 11.5 Å². The van der Waals surface area contributed by atoms with Crippen molar-refractivity contribution in [2.24, 2.45) is 0 Å². The van der Waals surface area contributed by atoms with E-state index in [-0.39, 0.29) is 0 Å². The molecule has 0 aliphatic carbocycles. The van der Waals surface area contributed by atoms with Gasteiger partial charge in [0.1, 0.15) is 0 Å². The Morgan fingerprint density at radius 1 is 0.850 bits per heavy atom. The third kappa shape index (κ3) is 1.88. The van der Waals surface area contributed by atoms with Crippen LogP contribution in [-0.4, -0.2) is 14.2 Å². The molecule has 0 aromatic heterocycles. The molecule has 0 radical (unpaired) electrons. The molecule has 0 amide bonds. The summed E-state index contributed by atoms with van der Waals surface area (Å²) in [5.74, 6) is 1.64. The van der Waals surface area contributed by atoms with Crippen molar-refractivity contribution in [2.75, 3.05) is 14.2 Å². The highest BCUT2D eigenvalue weighted by molar-refractivity contribution is 6.01. The summed E-state index contributed by atoms with van der Waals surface area (Å²) >= 11 is 0. The van der Waals surface area contributed by atoms with Gasteiger partial charge in [-0.15, -0.1) is 0 Å². The second kappa shape index (κ2) is 5.04. The summed E-state index contributed by atoms with van der Waals surface area (Å²) < 4.78 is 11.0. The average molecular weight is 266 g/mol. The van der Waals surface area contributed by atoms with E-state index in [1.807, 2.05) is 0 Å². The highest BCUT2D eigenvalue weighted by Crippen LogP contribution is 2.39. The number of hydrogen-bond acceptors (Lipinski definition) is 2. The molecular weight excluding hydrogens is 248 g/mol. The molecule has 0 saturated carbocycles. The number of ether oxygens (including phenoxy) is 2. The minimum absolute atomic E-state index is 0.798. The fourth-order valence-corrected chi connectivity index (χ4v) is 2.84. The van der Waals surface area contributed by atoms with Crippen LogP contribution in [0.1, 0.15) is 12.5 Å². The molecule has 0 bridgehead atoms. The maximum atomic E-state index is 5.55. The van der Waals surface area contributed by atoms with Crippen molar-refractivity contribution in [3.8, 4) is 11.5 Å². The van der Waals surface area contributed by atoms with Gasteiger partial charge in [-0.25, -0.2) is 0 Å². The molecule has 0 aliphatic rings. The highest BCUT2D eigenvalue weighted by atomic mass is 16.5. The minimum Gasteiger partial charge on any atom is -0.493 e. The first-order valence-electron chi connectivity index (χ1n) is 6.84. The Morgan fingerprint density at radius 2 is 1.55 bits per heavy atom. The molecule has 0 heterocycles. The summed E-state index contributed by atoms with van der Waals surface area (Å²) in [6.07, 6.45) is 0.912. The van der Waals surface area contributed by atoms with Gasteiger partial charge in [-0.1, -0.05) is 31.2 Å². The summed E-state index contributed by atoms with van der Waals surface area (Å²) in [7, 11) is 3.38. The SMILES string of the molecule is CCc1c(OC)c(OC)cc2cc3ccccc3cc12. The van der Waals surface area contributed by atoms with Crippen molar-refractivity contribution >= 4 is 21.5 Å². The van der Waals surface area contributed by atoms with Gasteiger partial charge in [0.2, 0.25) is 0 Å². The first-order valence-corrected chi connectivity index (χ1v) is 6.84. The molecule has 2 heteroatoms. The Hall–Kier alpha value is -2.22. The third-order valence-corrected chi connectivity index (χ3v) is 3.81. The van der Waals surface area contributed by atoms with E-state index in [2.05, 4.69) is 49.4 Å². The van der Waals surface area contributed by atoms with Gasteiger partial charge in [0.05, 0.1) is 14.2 Å². The van der Waals surface area contributed by atoms with Crippen molar-refractivity contribution < 1.29 is 9.47 Å². The second-order valence-electron chi connectivity index (χ2n) is 4.86. The lowest BCUT2D eigenvalue weighted by atomic mass is 9.97. The van der Waals surface area contributed by atoms with E-state index in [9.17, 15) is 0 Å². The zero-order valence-corrected chi connectivity index (χ0v) is 12.1. The van der Waals surface area contributed by atoms with Crippen LogP contribution < -0.4 is 9.47 Å².